The fourth-order valence-electron chi connectivity index (χ4n) is 4.37. The third-order valence-corrected chi connectivity index (χ3v) is 5.79. The van der Waals surface area contributed by atoms with Crippen LogP contribution >= 0.6 is 0 Å². The smallest absolute Gasteiger partial charge is 0.320 e. The summed E-state index contributed by atoms with van der Waals surface area (Å²) in [5.74, 6) is 0.939. The first-order valence-corrected chi connectivity index (χ1v) is 9.09. The minimum Gasteiger partial charge on any atom is -0.497 e. The SMILES string of the molecule is COc1ccc(N2CC3(CCN(C(=O)N4CCCC4)C3)CC2=O)cc1. The van der Waals surface area contributed by atoms with Crippen LogP contribution in [-0.2, 0) is 4.79 Å². The molecule has 3 saturated heterocycles. The number of amides is 3. The van der Waals surface area contributed by atoms with E-state index in [1.165, 1.54) is 0 Å². The Bertz CT molecular complexity index is 669. The van der Waals surface area contributed by atoms with Crippen molar-refractivity contribution in [2.24, 2.45) is 5.41 Å². The number of carbonyl (C=O) groups excluding carboxylic acids is 2. The van der Waals surface area contributed by atoms with Crippen molar-refractivity contribution in [3.8, 4) is 5.75 Å². The van der Waals surface area contributed by atoms with Crippen LogP contribution in [0, 0.1) is 5.41 Å². The lowest BCUT2D eigenvalue weighted by Gasteiger charge is -2.27. The maximum absolute atomic E-state index is 12.6. The van der Waals surface area contributed by atoms with Gasteiger partial charge < -0.3 is 19.4 Å². The van der Waals surface area contributed by atoms with E-state index in [1.54, 1.807) is 7.11 Å². The molecule has 6 nitrogen and oxygen atoms in total. The van der Waals surface area contributed by atoms with E-state index < -0.39 is 0 Å². The highest BCUT2D eigenvalue weighted by Crippen LogP contribution is 2.42. The second kappa shape index (κ2) is 6.24. The normalized spacial score (nSPS) is 26.1. The Morgan fingerprint density at radius 2 is 1.76 bits per heavy atom. The van der Waals surface area contributed by atoms with Gasteiger partial charge in [0.2, 0.25) is 5.91 Å². The van der Waals surface area contributed by atoms with E-state index in [1.807, 2.05) is 39.0 Å². The highest BCUT2D eigenvalue weighted by Gasteiger charge is 2.49. The number of anilines is 1. The van der Waals surface area contributed by atoms with Crippen molar-refractivity contribution in [3.63, 3.8) is 0 Å². The third-order valence-electron chi connectivity index (χ3n) is 5.79. The molecule has 0 aromatic heterocycles. The number of urea groups is 1. The molecule has 3 fully saturated rings. The van der Waals surface area contributed by atoms with Gasteiger partial charge in [-0.05, 0) is 43.5 Å². The van der Waals surface area contributed by atoms with Crippen LogP contribution < -0.4 is 9.64 Å². The van der Waals surface area contributed by atoms with Gasteiger partial charge >= 0.3 is 6.03 Å². The number of likely N-dealkylation sites (tertiary alicyclic amines) is 2. The van der Waals surface area contributed by atoms with E-state index in [9.17, 15) is 9.59 Å². The van der Waals surface area contributed by atoms with Gasteiger partial charge in [-0.2, -0.15) is 0 Å². The van der Waals surface area contributed by atoms with Crippen molar-refractivity contribution in [2.75, 3.05) is 44.7 Å². The number of hydrogen-bond acceptors (Lipinski definition) is 3. The summed E-state index contributed by atoms with van der Waals surface area (Å²) in [6.45, 7) is 3.90. The molecule has 3 heterocycles. The quantitative estimate of drug-likeness (QED) is 0.828. The largest absolute Gasteiger partial charge is 0.497 e. The average Bonchev–Trinajstić information content (AvgIpc) is 3.36. The Morgan fingerprint density at radius 1 is 1.04 bits per heavy atom. The van der Waals surface area contributed by atoms with E-state index in [-0.39, 0.29) is 17.4 Å². The summed E-state index contributed by atoms with van der Waals surface area (Å²) in [5.41, 5.74) is 0.818. The summed E-state index contributed by atoms with van der Waals surface area (Å²) < 4.78 is 5.19. The molecule has 1 unspecified atom stereocenters. The summed E-state index contributed by atoms with van der Waals surface area (Å²) in [7, 11) is 1.63. The molecule has 0 aliphatic carbocycles. The molecule has 4 rings (SSSR count). The van der Waals surface area contributed by atoms with Gasteiger partial charge in [-0.25, -0.2) is 4.79 Å². The minimum absolute atomic E-state index is 0.0909. The topological polar surface area (TPSA) is 53.1 Å². The number of benzene rings is 1. The molecule has 1 spiro atoms. The van der Waals surface area contributed by atoms with Crippen molar-refractivity contribution in [2.45, 2.75) is 25.7 Å². The zero-order valence-electron chi connectivity index (χ0n) is 14.7. The van der Waals surface area contributed by atoms with E-state index in [0.29, 0.717) is 19.5 Å². The van der Waals surface area contributed by atoms with Crippen molar-refractivity contribution >= 4 is 17.6 Å². The summed E-state index contributed by atoms with van der Waals surface area (Å²) in [4.78, 5) is 31.0. The first-order valence-electron chi connectivity index (χ1n) is 9.09. The summed E-state index contributed by atoms with van der Waals surface area (Å²) >= 11 is 0. The molecule has 3 aliphatic heterocycles. The first-order chi connectivity index (χ1) is 12.1. The number of methoxy groups -OCH3 is 1. The van der Waals surface area contributed by atoms with Gasteiger partial charge in [0.05, 0.1) is 7.11 Å². The lowest BCUT2D eigenvalue weighted by Crippen LogP contribution is -2.42. The lowest BCUT2D eigenvalue weighted by atomic mass is 9.86. The predicted molar refractivity (Wildman–Crippen MR) is 94.8 cm³/mol. The van der Waals surface area contributed by atoms with Crippen molar-refractivity contribution in [1.82, 2.24) is 9.80 Å². The molecule has 0 saturated carbocycles. The van der Waals surface area contributed by atoms with Crippen molar-refractivity contribution in [1.29, 1.82) is 0 Å². The fraction of sp³-hybridized carbons (Fsp3) is 0.579. The summed E-state index contributed by atoms with van der Waals surface area (Å²) in [5, 5.41) is 0. The van der Waals surface area contributed by atoms with Crippen LogP contribution in [-0.4, -0.2) is 61.6 Å². The van der Waals surface area contributed by atoms with Crippen LogP contribution in [0.4, 0.5) is 10.5 Å². The van der Waals surface area contributed by atoms with E-state index >= 15 is 0 Å². The van der Waals surface area contributed by atoms with Crippen LogP contribution in [0.2, 0.25) is 0 Å². The number of ether oxygens (including phenoxy) is 1. The average molecular weight is 343 g/mol. The van der Waals surface area contributed by atoms with Crippen LogP contribution in [0.15, 0.2) is 24.3 Å². The molecule has 134 valence electrons. The van der Waals surface area contributed by atoms with Gasteiger partial charge in [-0.1, -0.05) is 0 Å². The maximum Gasteiger partial charge on any atom is 0.320 e. The van der Waals surface area contributed by atoms with Crippen LogP contribution in [0.1, 0.15) is 25.7 Å². The second-order valence-electron chi connectivity index (χ2n) is 7.50. The molecule has 6 heteroatoms. The molecule has 0 bridgehead atoms. The van der Waals surface area contributed by atoms with Crippen LogP contribution in [0.3, 0.4) is 0 Å². The maximum atomic E-state index is 12.6. The number of rotatable bonds is 2. The van der Waals surface area contributed by atoms with Crippen LogP contribution in [0.5, 0.6) is 5.75 Å². The van der Waals surface area contributed by atoms with Gasteiger partial charge in [-0.15, -0.1) is 0 Å². The number of hydrogen-bond donors (Lipinski definition) is 0. The lowest BCUT2D eigenvalue weighted by molar-refractivity contribution is -0.117. The number of carbonyl (C=O) groups is 2. The van der Waals surface area contributed by atoms with Gasteiger partial charge in [-0.3, -0.25) is 4.79 Å². The molecule has 0 radical (unpaired) electrons. The molecule has 1 aromatic rings. The zero-order valence-corrected chi connectivity index (χ0v) is 14.7. The summed E-state index contributed by atoms with van der Waals surface area (Å²) in [6, 6.07) is 7.77. The summed E-state index contributed by atoms with van der Waals surface area (Å²) in [6.07, 6.45) is 3.65. The molecule has 25 heavy (non-hydrogen) atoms. The number of nitrogens with zero attached hydrogens (tertiary/aromatic N) is 3. The fourth-order valence-corrected chi connectivity index (χ4v) is 4.37. The van der Waals surface area contributed by atoms with Gasteiger partial charge in [0, 0.05) is 50.2 Å². The highest BCUT2D eigenvalue weighted by molar-refractivity contribution is 5.96. The molecule has 1 aromatic carbocycles. The van der Waals surface area contributed by atoms with Gasteiger partial charge in [0.15, 0.2) is 0 Å². The Kier molecular flexibility index (Phi) is 4.06. The molecule has 3 amide bonds. The van der Waals surface area contributed by atoms with Gasteiger partial charge in [0.25, 0.3) is 0 Å². The monoisotopic (exact) mass is 343 g/mol. The molecule has 1 atom stereocenters. The Morgan fingerprint density at radius 3 is 2.44 bits per heavy atom. The molecular formula is C19H25N3O3. The second-order valence-corrected chi connectivity index (χ2v) is 7.50. The van der Waals surface area contributed by atoms with E-state index in [2.05, 4.69) is 0 Å². The Hall–Kier alpha value is -2.24. The minimum atomic E-state index is -0.0909. The Balaban J connectivity index is 1.45. The van der Waals surface area contributed by atoms with E-state index in [4.69, 9.17) is 4.74 Å². The third kappa shape index (κ3) is 2.94. The molecule has 0 N–H and O–H groups in total. The Labute approximate surface area is 148 Å². The van der Waals surface area contributed by atoms with Crippen molar-refractivity contribution in [3.05, 3.63) is 24.3 Å². The van der Waals surface area contributed by atoms with E-state index in [0.717, 1.165) is 50.3 Å². The standard InChI is InChI=1S/C19H25N3O3/c1-25-16-6-4-15(5-7-16)22-14-19(12-17(22)23)8-11-21(13-19)18(24)20-9-2-3-10-20/h4-7H,2-3,8-14H2,1H3. The first kappa shape index (κ1) is 16.2. The molecule has 3 aliphatic rings. The predicted octanol–water partition coefficient (Wildman–Crippen LogP) is 2.34. The van der Waals surface area contributed by atoms with Crippen LogP contribution in [0.25, 0.3) is 0 Å². The molecular weight excluding hydrogens is 318 g/mol. The zero-order chi connectivity index (χ0) is 17.4. The van der Waals surface area contributed by atoms with Gasteiger partial charge in [0.1, 0.15) is 5.75 Å². The highest BCUT2D eigenvalue weighted by atomic mass is 16.5. The van der Waals surface area contributed by atoms with Crippen molar-refractivity contribution < 1.29 is 14.3 Å².